The summed E-state index contributed by atoms with van der Waals surface area (Å²) >= 11 is 0. The molecule has 0 rings (SSSR count). The molecule has 10 heteroatoms. The number of carbonyl (C=O) groups excluding carboxylic acids is 2. The standard InChI is InChI=1S/C78H140NO8P/c1-6-8-10-12-14-16-18-20-22-24-26-28-30-32-34-36-38-39-41-43-45-47-49-51-53-55-57-59-61-63-65-67-69-71-78(81)87-76(75-86-88(82,83)85-73-72-79(3,4)5)74-84-77(80)70-68-66-64-62-60-58-56-54-52-50-48-46-44-42-40-37-35-33-31-29-27-25-23-21-19-17-15-13-11-9-7-2/h8,10,14,16,20,22,25-28,32,34,38-39,43,45,76H,6-7,9,11-13,15,17-19,21,23-24,29-31,33,35-37,40-42,44,46-75H2,1-5H3/b10-8-,16-14-,22-20-,27-25-,28-26-,34-32-,39-38-,45-43-. The van der Waals surface area contributed by atoms with Crippen molar-refractivity contribution in [3.8, 4) is 0 Å². The van der Waals surface area contributed by atoms with Crippen LogP contribution in [-0.2, 0) is 32.7 Å². The molecule has 0 spiro atoms. The monoisotopic (exact) mass is 1250 g/mol. The zero-order chi connectivity index (χ0) is 64.1. The number of ether oxygens (including phenoxy) is 2. The van der Waals surface area contributed by atoms with Crippen LogP contribution in [0.5, 0.6) is 0 Å². The van der Waals surface area contributed by atoms with Crippen LogP contribution >= 0.6 is 7.82 Å². The van der Waals surface area contributed by atoms with Gasteiger partial charge in [0.25, 0.3) is 7.82 Å². The van der Waals surface area contributed by atoms with E-state index in [2.05, 4.69) is 111 Å². The summed E-state index contributed by atoms with van der Waals surface area (Å²) in [4.78, 5) is 38.1. The number of phosphoric acid groups is 1. The van der Waals surface area contributed by atoms with Crippen LogP contribution in [0.3, 0.4) is 0 Å². The van der Waals surface area contributed by atoms with Gasteiger partial charge in [-0.05, 0) is 96.3 Å². The van der Waals surface area contributed by atoms with Gasteiger partial charge in [-0.2, -0.15) is 0 Å². The molecule has 0 heterocycles. The van der Waals surface area contributed by atoms with Gasteiger partial charge in [0.05, 0.1) is 27.7 Å². The van der Waals surface area contributed by atoms with Gasteiger partial charge in [-0.1, -0.05) is 323 Å². The summed E-state index contributed by atoms with van der Waals surface area (Å²) in [6.07, 6.45) is 95.0. The second-order valence-corrected chi connectivity index (χ2v) is 27.3. The van der Waals surface area contributed by atoms with Crippen molar-refractivity contribution in [1.82, 2.24) is 0 Å². The predicted molar refractivity (Wildman–Crippen MR) is 379 cm³/mol. The number of allylic oxidation sites excluding steroid dienone is 16. The lowest BCUT2D eigenvalue weighted by atomic mass is 10.0. The van der Waals surface area contributed by atoms with Crippen LogP contribution in [0, 0.1) is 0 Å². The first-order valence-electron chi connectivity index (χ1n) is 36.9. The number of hydrogen-bond donors (Lipinski definition) is 0. The number of quaternary nitrogens is 1. The second-order valence-electron chi connectivity index (χ2n) is 25.9. The number of nitrogens with zero attached hydrogens (tertiary/aromatic N) is 1. The maximum absolute atomic E-state index is 12.9. The number of likely N-dealkylation sites (N-methyl/N-ethyl adjacent to an activating group) is 1. The van der Waals surface area contributed by atoms with Crippen molar-refractivity contribution in [3.05, 3.63) is 97.2 Å². The Labute approximate surface area is 544 Å². The Hall–Kier alpha value is -3.07. The molecule has 0 aliphatic rings. The van der Waals surface area contributed by atoms with E-state index in [-0.39, 0.29) is 32.0 Å². The molecule has 88 heavy (non-hydrogen) atoms. The van der Waals surface area contributed by atoms with Crippen LogP contribution in [0.25, 0.3) is 0 Å². The zero-order valence-electron chi connectivity index (χ0n) is 58.2. The summed E-state index contributed by atoms with van der Waals surface area (Å²) in [5.41, 5.74) is 0. The topological polar surface area (TPSA) is 111 Å². The fourth-order valence-electron chi connectivity index (χ4n) is 10.5. The molecule has 0 saturated heterocycles. The maximum atomic E-state index is 12.9. The Bertz CT molecular complexity index is 1810. The highest BCUT2D eigenvalue weighted by Crippen LogP contribution is 2.38. The third kappa shape index (κ3) is 72.0. The van der Waals surface area contributed by atoms with E-state index in [1.807, 2.05) is 21.1 Å². The quantitative estimate of drug-likeness (QED) is 0.0195. The fourth-order valence-corrected chi connectivity index (χ4v) is 11.2. The smallest absolute Gasteiger partial charge is 0.306 e. The van der Waals surface area contributed by atoms with Crippen LogP contribution in [0.15, 0.2) is 97.2 Å². The lowest BCUT2D eigenvalue weighted by Gasteiger charge is -2.28. The lowest BCUT2D eigenvalue weighted by molar-refractivity contribution is -0.870. The molecule has 0 aromatic heterocycles. The molecule has 0 saturated carbocycles. The fraction of sp³-hybridized carbons (Fsp3) is 0.769. The van der Waals surface area contributed by atoms with Gasteiger partial charge in [0, 0.05) is 12.8 Å². The molecule has 0 aliphatic carbocycles. The molecule has 0 amide bonds. The van der Waals surface area contributed by atoms with Gasteiger partial charge in [0.1, 0.15) is 19.8 Å². The highest BCUT2D eigenvalue weighted by molar-refractivity contribution is 7.45. The number of rotatable bonds is 68. The van der Waals surface area contributed by atoms with E-state index in [1.165, 1.54) is 212 Å². The first-order valence-corrected chi connectivity index (χ1v) is 38.4. The Morgan fingerprint density at radius 1 is 0.364 bits per heavy atom. The number of unbranched alkanes of at least 4 members (excludes halogenated alkanes) is 38. The molecule has 0 aliphatic heterocycles. The van der Waals surface area contributed by atoms with E-state index in [0.717, 1.165) is 89.9 Å². The Balaban J connectivity index is 4.03. The normalized spacial score (nSPS) is 13.7. The van der Waals surface area contributed by atoms with Crippen LogP contribution in [0.2, 0.25) is 0 Å². The summed E-state index contributed by atoms with van der Waals surface area (Å²) in [5, 5.41) is 0. The summed E-state index contributed by atoms with van der Waals surface area (Å²) in [7, 11) is 1.17. The first-order chi connectivity index (χ1) is 43.0. The van der Waals surface area contributed by atoms with Crippen molar-refractivity contribution in [2.45, 2.75) is 341 Å². The molecule has 0 fully saturated rings. The van der Waals surface area contributed by atoms with E-state index >= 15 is 0 Å². The molecule has 0 bridgehead atoms. The van der Waals surface area contributed by atoms with Crippen LogP contribution < -0.4 is 4.89 Å². The van der Waals surface area contributed by atoms with Crippen LogP contribution in [0.4, 0.5) is 0 Å². The van der Waals surface area contributed by atoms with E-state index in [9.17, 15) is 19.0 Å². The molecule has 9 nitrogen and oxygen atoms in total. The molecular formula is C78H140NO8P. The van der Waals surface area contributed by atoms with Gasteiger partial charge in [-0.25, -0.2) is 0 Å². The van der Waals surface area contributed by atoms with Gasteiger partial charge in [-0.3, -0.25) is 14.2 Å². The van der Waals surface area contributed by atoms with E-state index < -0.39 is 26.5 Å². The molecule has 0 N–H and O–H groups in total. The summed E-state index contributed by atoms with van der Waals surface area (Å²) in [5.74, 6) is -0.827. The largest absolute Gasteiger partial charge is 0.756 e. The average Bonchev–Trinajstić information content (AvgIpc) is 3.56. The summed E-state index contributed by atoms with van der Waals surface area (Å²) in [6, 6.07) is 0. The lowest BCUT2D eigenvalue weighted by Crippen LogP contribution is -2.37. The highest BCUT2D eigenvalue weighted by Gasteiger charge is 2.22. The molecular weight excluding hydrogens is 1110 g/mol. The van der Waals surface area contributed by atoms with Crippen molar-refractivity contribution in [2.75, 3.05) is 47.5 Å². The molecule has 2 unspecified atom stereocenters. The number of phosphoric ester groups is 1. The number of hydrogen-bond acceptors (Lipinski definition) is 8. The van der Waals surface area contributed by atoms with Crippen molar-refractivity contribution in [1.29, 1.82) is 0 Å². The number of esters is 2. The van der Waals surface area contributed by atoms with Gasteiger partial charge < -0.3 is 27.9 Å². The molecule has 2 atom stereocenters. The predicted octanol–water partition coefficient (Wildman–Crippen LogP) is 23.6. The van der Waals surface area contributed by atoms with Gasteiger partial charge in [0.2, 0.25) is 0 Å². The zero-order valence-corrected chi connectivity index (χ0v) is 59.1. The third-order valence-corrected chi connectivity index (χ3v) is 17.1. The Morgan fingerprint density at radius 3 is 0.977 bits per heavy atom. The van der Waals surface area contributed by atoms with Crippen molar-refractivity contribution < 1.29 is 42.1 Å². The molecule has 0 aromatic carbocycles. The van der Waals surface area contributed by atoms with Gasteiger partial charge in [-0.15, -0.1) is 0 Å². The summed E-state index contributed by atoms with van der Waals surface area (Å²) < 4.78 is 34.4. The van der Waals surface area contributed by atoms with Crippen molar-refractivity contribution in [3.63, 3.8) is 0 Å². The highest BCUT2D eigenvalue weighted by atomic mass is 31.2. The van der Waals surface area contributed by atoms with E-state index in [4.69, 9.17) is 18.5 Å². The first kappa shape index (κ1) is 84.9. The molecule has 510 valence electrons. The van der Waals surface area contributed by atoms with Crippen LogP contribution in [-0.4, -0.2) is 70.0 Å². The molecule has 0 aromatic rings. The van der Waals surface area contributed by atoms with Gasteiger partial charge >= 0.3 is 11.9 Å². The van der Waals surface area contributed by atoms with E-state index in [1.54, 1.807) is 0 Å². The minimum atomic E-state index is -4.65. The van der Waals surface area contributed by atoms with Crippen molar-refractivity contribution in [2.24, 2.45) is 0 Å². The van der Waals surface area contributed by atoms with E-state index in [0.29, 0.717) is 17.4 Å². The average molecular weight is 1250 g/mol. The third-order valence-electron chi connectivity index (χ3n) is 16.1. The minimum absolute atomic E-state index is 0.0336. The minimum Gasteiger partial charge on any atom is -0.756 e. The number of carbonyl (C=O) groups is 2. The van der Waals surface area contributed by atoms with Crippen molar-refractivity contribution >= 4 is 19.8 Å². The Kier molecular flexibility index (Phi) is 65.9. The second kappa shape index (κ2) is 68.3. The van der Waals surface area contributed by atoms with Gasteiger partial charge in [0.15, 0.2) is 6.10 Å². The summed E-state index contributed by atoms with van der Waals surface area (Å²) in [6.45, 7) is 4.16. The maximum Gasteiger partial charge on any atom is 0.306 e. The SMILES string of the molecule is CC/C=C\C/C=C\C/C=C\C/C=C\C/C=C\C/C=C\C/C=C\CCCCCCCCCCCCCC(=O)OC(COC(=O)CCCCCCCCCCCCCCCCCCCCC/C=C\CCCCCCCCCC)COP(=O)([O-])OCC[N+](C)(C)C. The van der Waals surface area contributed by atoms with Crippen LogP contribution in [0.1, 0.15) is 335 Å². The molecule has 0 radical (unpaired) electrons. The Morgan fingerprint density at radius 2 is 0.648 bits per heavy atom.